The molecule has 0 heterocycles. The lowest BCUT2D eigenvalue weighted by Gasteiger charge is -2.38. The normalized spacial score (nSPS) is 15.8. The van der Waals surface area contributed by atoms with Crippen LogP contribution in [0.15, 0.2) is 0 Å². The summed E-state index contributed by atoms with van der Waals surface area (Å²) in [6.45, 7) is 14.5. The summed E-state index contributed by atoms with van der Waals surface area (Å²) < 4.78 is 10.9. The Balaban J connectivity index is 4.94. The van der Waals surface area contributed by atoms with E-state index in [1.807, 2.05) is 13.8 Å². The fourth-order valence-corrected chi connectivity index (χ4v) is 2.99. The van der Waals surface area contributed by atoms with Crippen molar-refractivity contribution in [2.75, 3.05) is 7.11 Å². The number of carbonyl (C=O) groups is 2. The fourth-order valence-electron chi connectivity index (χ4n) is 1.73. The maximum atomic E-state index is 11.8. The van der Waals surface area contributed by atoms with Gasteiger partial charge in [0.05, 0.1) is 13.0 Å². The van der Waals surface area contributed by atoms with Crippen LogP contribution in [-0.4, -0.2) is 33.8 Å². The number of carbonyl (C=O) groups excluding carboxylic acids is 2. The minimum Gasteiger partial charge on any atom is -0.469 e. The SMILES string of the molecule is COC(=O)[C@@H](C[C@@H](C=O)O[Si](C)(C)C(C)(C)C)C(C)C. The van der Waals surface area contributed by atoms with Crippen LogP contribution in [0.5, 0.6) is 0 Å². The minimum absolute atomic E-state index is 0.0346. The van der Waals surface area contributed by atoms with Crippen molar-refractivity contribution in [2.45, 2.75) is 65.3 Å². The van der Waals surface area contributed by atoms with Crippen LogP contribution in [0.4, 0.5) is 0 Å². The van der Waals surface area contributed by atoms with E-state index in [9.17, 15) is 9.59 Å². The molecule has 0 rings (SSSR count). The Kier molecular flexibility index (Phi) is 7.11. The number of hydrogen-bond acceptors (Lipinski definition) is 4. The Hall–Kier alpha value is -0.683. The highest BCUT2D eigenvalue weighted by Crippen LogP contribution is 2.38. The monoisotopic (exact) mass is 302 g/mol. The Morgan fingerprint density at radius 3 is 2.05 bits per heavy atom. The third-order valence-electron chi connectivity index (χ3n) is 4.20. The van der Waals surface area contributed by atoms with E-state index in [0.29, 0.717) is 6.42 Å². The van der Waals surface area contributed by atoms with E-state index in [2.05, 4.69) is 33.9 Å². The smallest absolute Gasteiger partial charge is 0.309 e. The highest BCUT2D eigenvalue weighted by Gasteiger charge is 2.40. The number of esters is 1. The fraction of sp³-hybridized carbons (Fsp3) is 0.867. The van der Waals surface area contributed by atoms with Crippen LogP contribution in [-0.2, 0) is 18.8 Å². The molecule has 0 aliphatic carbocycles. The van der Waals surface area contributed by atoms with Crippen LogP contribution in [0.1, 0.15) is 41.0 Å². The van der Waals surface area contributed by atoms with Crippen molar-refractivity contribution in [3.63, 3.8) is 0 Å². The quantitative estimate of drug-likeness (QED) is 0.411. The Morgan fingerprint density at radius 1 is 1.25 bits per heavy atom. The van der Waals surface area contributed by atoms with Crippen molar-refractivity contribution in [1.29, 1.82) is 0 Å². The summed E-state index contributed by atoms with van der Waals surface area (Å²) in [4.78, 5) is 23.1. The first kappa shape index (κ1) is 19.3. The van der Waals surface area contributed by atoms with E-state index in [4.69, 9.17) is 9.16 Å². The van der Waals surface area contributed by atoms with Gasteiger partial charge in [-0.3, -0.25) is 4.79 Å². The molecule has 5 heteroatoms. The molecule has 0 unspecified atom stereocenters. The van der Waals surface area contributed by atoms with Crippen molar-refractivity contribution < 1.29 is 18.8 Å². The number of methoxy groups -OCH3 is 1. The van der Waals surface area contributed by atoms with Crippen molar-refractivity contribution in [2.24, 2.45) is 11.8 Å². The molecule has 0 N–H and O–H groups in total. The predicted octanol–water partition coefficient (Wildman–Crippen LogP) is 3.41. The summed E-state index contributed by atoms with van der Waals surface area (Å²) in [6, 6.07) is 0. The van der Waals surface area contributed by atoms with Gasteiger partial charge in [0.1, 0.15) is 12.4 Å². The highest BCUT2D eigenvalue weighted by molar-refractivity contribution is 6.74. The lowest BCUT2D eigenvalue weighted by molar-refractivity contribution is -0.148. The summed E-state index contributed by atoms with van der Waals surface area (Å²) in [5.41, 5.74) is 0. The largest absolute Gasteiger partial charge is 0.469 e. The molecular formula is C15H30O4Si. The summed E-state index contributed by atoms with van der Waals surface area (Å²) in [6.07, 6.45) is 0.668. The molecule has 0 aliphatic heterocycles. The zero-order valence-electron chi connectivity index (χ0n) is 14.1. The van der Waals surface area contributed by atoms with Crippen molar-refractivity contribution >= 4 is 20.6 Å². The lowest BCUT2D eigenvalue weighted by atomic mass is 9.90. The first-order valence-corrected chi connectivity index (χ1v) is 10.1. The van der Waals surface area contributed by atoms with Gasteiger partial charge in [-0.05, 0) is 30.5 Å². The Morgan fingerprint density at radius 2 is 1.75 bits per heavy atom. The number of ether oxygens (including phenoxy) is 1. The van der Waals surface area contributed by atoms with Crippen LogP contribution in [0.25, 0.3) is 0 Å². The molecule has 4 nitrogen and oxygen atoms in total. The molecule has 0 saturated carbocycles. The summed E-state index contributed by atoms with van der Waals surface area (Å²) >= 11 is 0. The second-order valence-corrected chi connectivity index (χ2v) is 11.9. The van der Waals surface area contributed by atoms with Crippen LogP contribution >= 0.6 is 0 Å². The second kappa shape index (κ2) is 7.36. The Bertz CT molecular complexity index is 331. The highest BCUT2D eigenvalue weighted by atomic mass is 28.4. The molecule has 0 saturated heterocycles. The van der Waals surface area contributed by atoms with Gasteiger partial charge in [0.2, 0.25) is 0 Å². The molecule has 0 aromatic heterocycles. The van der Waals surface area contributed by atoms with E-state index in [1.54, 1.807) is 0 Å². The number of aldehydes is 1. The maximum Gasteiger partial charge on any atom is 0.309 e. The standard InChI is InChI=1S/C15H30O4Si/c1-11(2)13(14(17)18-6)9-12(10-16)19-20(7,8)15(3,4)5/h10-13H,9H2,1-8H3/t12-,13-/m0/s1. The minimum atomic E-state index is -2.02. The van der Waals surface area contributed by atoms with E-state index in [0.717, 1.165) is 6.29 Å². The van der Waals surface area contributed by atoms with Crippen molar-refractivity contribution in [3.05, 3.63) is 0 Å². The molecule has 0 aromatic rings. The van der Waals surface area contributed by atoms with Gasteiger partial charge in [-0.25, -0.2) is 0 Å². The average molecular weight is 302 g/mol. The van der Waals surface area contributed by atoms with Gasteiger partial charge in [0.25, 0.3) is 0 Å². The Labute approximate surface area is 124 Å². The first-order chi connectivity index (χ1) is 8.96. The topological polar surface area (TPSA) is 52.6 Å². The van der Waals surface area contributed by atoms with Gasteiger partial charge in [-0.2, -0.15) is 0 Å². The van der Waals surface area contributed by atoms with E-state index < -0.39 is 14.4 Å². The summed E-state index contributed by atoms with van der Waals surface area (Å²) in [5.74, 6) is -0.460. The maximum absolute atomic E-state index is 11.8. The van der Waals surface area contributed by atoms with Gasteiger partial charge in [0, 0.05) is 0 Å². The predicted molar refractivity (Wildman–Crippen MR) is 83.1 cm³/mol. The molecule has 0 aromatic carbocycles. The van der Waals surface area contributed by atoms with E-state index >= 15 is 0 Å². The lowest BCUT2D eigenvalue weighted by Crippen LogP contribution is -2.45. The molecule has 0 spiro atoms. The summed E-state index contributed by atoms with van der Waals surface area (Å²) in [7, 11) is -0.642. The molecule has 20 heavy (non-hydrogen) atoms. The molecular weight excluding hydrogens is 272 g/mol. The molecule has 0 aliphatic rings. The van der Waals surface area contributed by atoms with Crippen LogP contribution in [0.3, 0.4) is 0 Å². The third kappa shape index (κ3) is 5.36. The third-order valence-corrected chi connectivity index (χ3v) is 8.70. The number of hydrogen-bond donors (Lipinski definition) is 0. The number of rotatable bonds is 7. The second-order valence-electron chi connectivity index (χ2n) is 7.16. The molecule has 0 fully saturated rings. The van der Waals surface area contributed by atoms with Gasteiger partial charge in [-0.1, -0.05) is 34.6 Å². The van der Waals surface area contributed by atoms with Gasteiger partial charge >= 0.3 is 5.97 Å². The van der Waals surface area contributed by atoms with Crippen molar-refractivity contribution in [1.82, 2.24) is 0 Å². The van der Waals surface area contributed by atoms with Crippen LogP contribution in [0, 0.1) is 11.8 Å². The van der Waals surface area contributed by atoms with Crippen LogP contribution < -0.4 is 0 Å². The molecule has 0 amide bonds. The van der Waals surface area contributed by atoms with Crippen molar-refractivity contribution in [3.8, 4) is 0 Å². The first-order valence-electron chi connectivity index (χ1n) is 7.17. The van der Waals surface area contributed by atoms with Gasteiger partial charge in [0.15, 0.2) is 8.32 Å². The summed E-state index contributed by atoms with van der Waals surface area (Å²) in [5, 5.41) is 0.0346. The average Bonchev–Trinajstić information content (AvgIpc) is 2.31. The van der Waals surface area contributed by atoms with Gasteiger partial charge in [-0.15, -0.1) is 0 Å². The van der Waals surface area contributed by atoms with Crippen LogP contribution in [0.2, 0.25) is 18.1 Å². The van der Waals surface area contributed by atoms with E-state index in [-0.39, 0.29) is 22.8 Å². The van der Waals surface area contributed by atoms with E-state index in [1.165, 1.54) is 7.11 Å². The van der Waals surface area contributed by atoms with Gasteiger partial charge < -0.3 is 14.0 Å². The molecule has 118 valence electrons. The zero-order chi connectivity index (χ0) is 16.1. The molecule has 0 bridgehead atoms. The molecule has 0 radical (unpaired) electrons. The zero-order valence-corrected chi connectivity index (χ0v) is 15.1. The molecule has 2 atom stereocenters.